The number of hydrogen-bond acceptors (Lipinski definition) is 5. The molecule has 1 fully saturated rings. The van der Waals surface area contributed by atoms with Crippen LogP contribution in [0.3, 0.4) is 0 Å². The van der Waals surface area contributed by atoms with Crippen molar-refractivity contribution in [2.24, 2.45) is 0 Å². The van der Waals surface area contributed by atoms with Gasteiger partial charge in [0.15, 0.2) is 6.29 Å². The molecule has 0 bridgehead atoms. The lowest BCUT2D eigenvalue weighted by atomic mass is 10.0. The molecule has 0 aliphatic carbocycles. The van der Waals surface area contributed by atoms with Crippen LogP contribution < -0.4 is 10.6 Å². The van der Waals surface area contributed by atoms with Gasteiger partial charge in [-0.1, -0.05) is 121 Å². The Hall–Kier alpha value is -3.05. The molecule has 1 aliphatic heterocycles. The minimum absolute atomic E-state index is 0.190. The van der Waals surface area contributed by atoms with E-state index in [2.05, 4.69) is 0 Å². The summed E-state index contributed by atoms with van der Waals surface area (Å²) in [4.78, 5) is 0. The van der Waals surface area contributed by atoms with E-state index in [9.17, 15) is 5.11 Å². The van der Waals surface area contributed by atoms with Gasteiger partial charge in [0.25, 0.3) is 0 Å². The molecule has 0 amide bonds. The van der Waals surface area contributed by atoms with E-state index in [-0.39, 0.29) is 13.0 Å². The first-order chi connectivity index (χ1) is 18.6. The summed E-state index contributed by atoms with van der Waals surface area (Å²) in [5, 5.41) is 12.3. The fourth-order valence-electron chi connectivity index (χ4n) is 5.10. The second-order valence-electron chi connectivity index (χ2n) is 9.52. The average molecular weight is 529 g/mol. The molecule has 0 aromatic heterocycles. The Morgan fingerprint density at radius 1 is 0.711 bits per heavy atom. The normalized spacial score (nSPS) is 21.7. The summed E-state index contributed by atoms with van der Waals surface area (Å²) in [6, 6.07) is 38.9. The van der Waals surface area contributed by atoms with Crippen LogP contribution >= 0.6 is 7.14 Å². The summed E-state index contributed by atoms with van der Waals surface area (Å²) in [5.41, 5.74) is 1.54. The topological polar surface area (TPSA) is 65.0 Å². The standard InChI is InChI=1S/C32H33O5P/c33-31-21-30(38(34,27-17-9-3-10-18-27)28-19-11-4-12-20-28)32(36-23-26-15-7-2-8-16-26)29(37-31)24-35-22-25-13-5-1-6-14-25/h1-20,29-33H,21-24H2/t29-,30+,31?,32-/m1/s1. The van der Waals surface area contributed by atoms with Crippen molar-refractivity contribution in [2.75, 3.05) is 6.61 Å². The van der Waals surface area contributed by atoms with Crippen LogP contribution in [0.5, 0.6) is 0 Å². The zero-order chi connectivity index (χ0) is 26.2. The minimum Gasteiger partial charge on any atom is -0.374 e. The van der Waals surface area contributed by atoms with Gasteiger partial charge in [-0.25, -0.2) is 0 Å². The van der Waals surface area contributed by atoms with Crippen LogP contribution in [0, 0.1) is 0 Å². The number of rotatable bonds is 10. The maximum Gasteiger partial charge on any atom is 0.155 e. The van der Waals surface area contributed by atoms with E-state index >= 15 is 4.57 Å². The van der Waals surface area contributed by atoms with Gasteiger partial charge in [0.05, 0.1) is 31.6 Å². The van der Waals surface area contributed by atoms with Crippen molar-refractivity contribution in [2.45, 2.75) is 43.8 Å². The molecule has 4 aromatic carbocycles. The lowest BCUT2D eigenvalue weighted by Gasteiger charge is -2.43. The van der Waals surface area contributed by atoms with Gasteiger partial charge in [0.2, 0.25) is 0 Å². The molecule has 1 unspecified atom stereocenters. The van der Waals surface area contributed by atoms with E-state index in [1.165, 1.54) is 0 Å². The first kappa shape index (κ1) is 26.6. The van der Waals surface area contributed by atoms with Crippen LogP contribution in [0.15, 0.2) is 121 Å². The third-order valence-electron chi connectivity index (χ3n) is 6.95. The van der Waals surface area contributed by atoms with Crippen LogP contribution in [0.1, 0.15) is 17.5 Å². The average Bonchev–Trinajstić information content (AvgIpc) is 2.98. The highest BCUT2D eigenvalue weighted by molar-refractivity contribution is 7.79. The smallest absolute Gasteiger partial charge is 0.155 e. The third-order valence-corrected chi connectivity index (χ3v) is 10.5. The molecular formula is C32H33O5P. The lowest BCUT2D eigenvalue weighted by molar-refractivity contribution is -0.223. The van der Waals surface area contributed by atoms with Crippen LogP contribution in [0.25, 0.3) is 0 Å². The number of benzene rings is 4. The summed E-state index contributed by atoms with van der Waals surface area (Å²) in [6.45, 7) is 0.938. The largest absolute Gasteiger partial charge is 0.374 e. The summed E-state index contributed by atoms with van der Waals surface area (Å²) >= 11 is 0. The van der Waals surface area contributed by atoms with Gasteiger partial charge in [-0.3, -0.25) is 0 Å². The van der Waals surface area contributed by atoms with Gasteiger partial charge in [-0.05, 0) is 11.1 Å². The zero-order valence-electron chi connectivity index (χ0n) is 21.2. The Balaban J connectivity index is 1.49. The van der Waals surface area contributed by atoms with Crippen LogP contribution in [-0.4, -0.2) is 35.9 Å². The van der Waals surface area contributed by atoms with Crippen LogP contribution in [0.2, 0.25) is 0 Å². The summed E-state index contributed by atoms with van der Waals surface area (Å²) in [5.74, 6) is 0. The predicted octanol–water partition coefficient (Wildman–Crippen LogP) is 5.28. The molecular weight excluding hydrogens is 495 g/mol. The fourth-order valence-corrected chi connectivity index (χ4v) is 8.56. The Labute approximate surface area is 224 Å². The first-order valence-electron chi connectivity index (χ1n) is 13.0. The van der Waals surface area contributed by atoms with Gasteiger partial charge in [-0.2, -0.15) is 0 Å². The molecule has 6 heteroatoms. The number of aliphatic hydroxyl groups excluding tert-OH is 1. The molecule has 1 saturated heterocycles. The number of hydrogen-bond donors (Lipinski definition) is 1. The monoisotopic (exact) mass is 528 g/mol. The van der Waals surface area contributed by atoms with Crippen LogP contribution in [-0.2, 0) is 32.0 Å². The molecule has 0 radical (unpaired) electrons. The fraction of sp³-hybridized carbons (Fsp3) is 0.250. The number of ether oxygens (including phenoxy) is 3. The van der Waals surface area contributed by atoms with Crippen molar-refractivity contribution >= 4 is 17.8 Å². The molecule has 5 nitrogen and oxygen atoms in total. The quantitative estimate of drug-likeness (QED) is 0.284. The highest BCUT2D eigenvalue weighted by atomic mass is 31.2. The van der Waals surface area contributed by atoms with Crippen molar-refractivity contribution < 1.29 is 23.9 Å². The molecule has 1 heterocycles. The molecule has 4 aromatic rings. The lowest BCUT2D eigenvalue weighted by Crippen LogP contribution is -2.53. The van der Waals surface area contributed by atoms with E-state index in [1.807, 2.05) is 121 Å². The molecule has 1 N–H and O–H groups in total. The van der Waals surface area contributed by atoms with Gasteiger partial charge in [-0.15, -0.1) is 0 Å². The van der Waals surface area contributed by atoms with Gasteiger partial charge in [0, 0.05) is 17.0 Å². The van der Waals surface area contributed by atoms with E-state index in [4.69, 9.17) is 14.2 Å². The highest BCUT2D eigenvalue weighted by Gasteiger charge is 2.49. The Morgan fingerprint density at radius 3 is 1.71 bits per heavy atom. The summed E-state index contributed by atoms with van der Waals surface area (Å²) < 4.78 is 33.9. The van der Waals surface area contributed by atoms with E-state index in [0.29, 0.717) is 13.2 Å². The summed E-state index contributed by atoms with van der Waals surface area (Å²) in [7, 11) is -3.26. The molecule has 4 atom stereocenters. The van der Waals surface area contributed by atoms with Crippen molar-refractivity contribution in [3.63, 3.8) is 0 Å². The van der Waals surface area contributed by atoms with Crippen LogP contribution in [0.4, 0.5) is 0 Å². The highest BCUT2D eigenvalue weighted by Crippen LogP contribution is 2.54. The second kappa shape index (κ2) is 12.7. The van der Waals surface area contributed by atoms with Gasteiger partial charge >= 0.3 is 0 Å². The van der Waals surface area contributed by atoms with E-state index in [0.717, 1.165) is 21.7 Å². The maximum atomic E-state index is 15.3. The predicted molar refractivity (Wildman–Crippen MR) is 150 cm³/mol. The molecule has 5 rings (SSSR count). The zero-order valence-corrected chi connectivity index (χ0v) is 22.1. The Bertz CT molecular complexity index is 1260. The van der Waals surface area contributed by atoms with Crippen molar-refractivity contribution in [3.05, 3.63) is 132 Å². The maximum absolute atomic E-state index is 15.3. The third kappa shape index (κ3) is 6.15. The second-order valence-corrected chi connectivity index (χ2v) is 12.5. The Kier molecular flexibility index (Phi) is 8.85. The molecule has 0 spiro atoms. The number of aliphatic hydroxyl groups is 1. The molecule has 38 heavy (non-hydrogen) atoms. The molecule has 196 valence electrons. The van der Waals surface area contributed by atoms with Crippen molar-refractivity contribution in [1.82, 2.24) is 0 Å². The SMILES string of the molecule is O=P(c1ccccc1)(c1ccccc1)[C@H]1CC(O)O[C@H](COCc2ccccc2)[C@H]1OCc1ccccc1. The Morgan fingerprint density at radius 2 is 1.18 bits per heavy atom. The summed E-state index contributed by atoms with van der Waals surface area (Å²) in [6.07, 6.45) is -2.06. The minimum atomic E-state index is -3.26. The molecule has 1 aliphatic rings. The van der Waals surface area contributed by atoms with Crippen molar-refractivity contribution in [3.8, 4) is 0 Å². The van der Waals surface area contributed by atoms with E-state index < -0.39 is 31.3 Å². The van der Waals surface area contributed by atoms with Gasteiger partial charge < -0.3 is 23.9 Å². The molecule has 0 saturated carbocycles. The van der Waals surface area contributed by atoms with Crippen molar-refractivity contribution in [1.29, 1.82) is 0 Å². The first-order valence-corrected chi connectivity index (χ1v) is 14.7. The van der Waals surface area contributed by atoms with E-state index in [1.54, 1.807) is 0 Å². The van der Waals surface area contributed by atoms with Gasteiger partial charge in [0.1, 0.15) is 13.2 Å².